The predicted octanol–water partition coefficient (Wildman–Crippen LogP) is 0.122. The number of rotatable bonds is 12. The minimum Gasteiger partial charge on any atom is -0.481 e. The maximum atomic E-state index is 13.3. The van der Waals surface area contributed by atoms with Crippen molar-refractivity contribution in [1.29, 1.82) is 0 Å². The molecule has 1 aromatic rings. The van der Waals surface area contributed by atoms with E-state index in [1.54, 1.807) is 30.3 Å². The van der Waals surface area contributed by atoms with E-state index >= 15 is 0 Å². The average molecular weight is 491 g/mol. The molecule has 0 aliphatic carbocycles. The van der Waals surface area contributed by atoms with E-state index in [2.05, 4.69) is 10.6 Å². The molecule has 11 heteroatoms. The first-order valence-corrected chi connectivity index (χ1v) is 11.6. The molecule has 1 aliphatic rings. The highest BCUT2D eigenvalue weighted by molar-refractivity contribution is 5.95. The number of hydrogen-bond donors (Lipinski definition) is 5. The average Bonchev–Trinajstić information content (AvgIpc) is 3.28. The number of carbonyl (C=O) groups is 5. The van der Waals surface area contributed by atoms with Crippen molar-refractivity contribution in [2.24, 2.45) is 11.7 Å². The van der Waals surface area contributed by atoms with Crippen molar-refractivity contribution in [1.82, 2.24) is 15.5 Å². The number of nitrogens with one attached hydrogen (secondary N) is 2. The number of carbonyl (C=O) groups excluding carboxylic acids is 3. The fraction of sp³-hybridized carbons (Fsp3) is 0.542. The number of aliphatic carboxylic acids is 2. The molecule has 0 aromatic heterocycles. The van der Waals surface area contributed by atoms with Crippen LogP contribution < -0.4 is 16.4 Å². The number of carboxylic acid groups (broad SMARTS) is 2. The van der Waals surface area contributed by atoms with Crippen molar-refractivity contribution in [2.45, 2.75) is 70.1 Å². The number of likely N-dealkylation sites (tertiary alicyclic amines) is 1. The molecule has 1 aromatic carbocycles. The molecule has 0 spiro atoms. The maximum Gasteiger partial charge on any atom is 0.326 e. The van der Waals surface area contributed by atoms with Gasteiger partial charge in [0.2, 0.25) is 17.7 Å². The lowest BCUT2D eigenvalue weighted by atomic mass is 10.00. The van der Waals surface area contributed by atoms with Gasteiger partial charge in [-0.25, -0.2) is 4.79 Å². The molecule has 1 heterocycles. The van der Waals surface area contributed by atoms with Gasteiger partial charge in [0, 0.05) is 13.0 Å². The number of nitrogens with two attached hydrogens (primary N) is 1. The summed E-state index contributed by atoms with van der Waals surface area (Å²) in [6.45, 7) is 4.03. The SMILES string of the molecule is CC(C)CC(NC(=O)C(Cc1ccccc1)NC(=O)C(N)CC(=O)O)C(=O)N1CCCC1C(=O)O. The molecule has 35 heavy (non-hydrogen) atoms. The molecule has 6 N–H and O–H groups in total. The van der Waals surface area contributed by atoms with Crippen LogP contribution in [-0.2, 0) is 30.4 Å². The first kappa shape index (κ1) is 27.8. The minimum absolute atomic E-state index is 0.0151. The zero-order chi connectivity index (χ0) is 26.1. The van der Waals surface area contributed by atoms with E-state index in [-0.39, 0.29) is 25.3 Å². The summed E-state index contributed by atoms with van der Waals surface area (Å²) in [7, 11) is 0. The topological polar surface area (TPSA) is 179 Å². The summed E-state index contributed by atoms with van der Waals surface area (Å²) in [6.07, 6.45) is 0.655. The molecule has 0 bridgehead atoms. The van der Waals surface area contributed by atoms with Crippen molar-refractivity contribution < 1.29 is 34.2 Å². The molecule has 4 unspecified atom stereocenters. The third-order valence-electron chi connectivity index (χ3n) is 5.79. The Labute approximate surface area is 204 Å². The number of amides is 3. The van der Waals surface area contributed by atoms with Crippen molar-refractivity contribution in [3.05, 3.63) is 35.9 Å². The first-order chi connectivity index (χ1) is 16.5. The van der Waals surface area contributed by atoms with Crippen LogP contribution in [0, 0.1) is 5.92 Å². The Morgan fingerprint density at radius 3 is 2.23 bits per heavy atom. The van der Waals surface area contributed by atoms with Gasteiger partial charge in [0.15, 0.2) is 0 Å². The van der Waals surface area contributed by atoms with Crippen LogP contribution >= 0.6 is 0 Å². The highest BCUT2D eigenvalue weighted by Gasteiger charge is 2.38. The van der Waals surface area contributed by atoms with E-state index < -0.39 is 60.2 Å². The van der Waals surface area contributed by atoms with Crippen molar-refractivity contribution >= 4 is 29.7 Å². The van der Waals surface area contributed by atoms with Gasteiger partial charge in [-0.15, -0.1) is 0 Å². The number of benzene rings is 1. The van der Waals surface area contributed by atoms with Crippen LogP contribution in [-0.4, -0.2) is 75.5 Å². The second-order valence-electron chi connectivity index (χ2n) is 9.17. The molecule has 11 nitrogen and oxygen atoms in total. The van der Waals surface area contributed by atoms with Crippen LogP contribution in [0.1, 0.15) is 45.1 Å². The molecular formula is C24H34N4O7. The van der Waals surface area contributed by atoms with Crippen LogP contribution in [0.3, 0.4) is 0 Å². The number of nitrogens with zero attached hydrogens (tertiary/aromatic N) is 1. The Hall–Kier alpha value is -3.47. The zero-order valence-corrected chi connectivity index (χ0v) is 20.0. The highest BCUT2D eigenvalue weighted by Crippen LogP contribution is 2.20. The van der Waals surface area contributed by atoms with Gasteiger partial charge in [-0.3, -0.25) is 19.2 Å². The molecule has 0 radical (unpaired) electrons. The Morgan fingerprint density at radius 1 is 1.03 bits per heavy atom. The Balaban J connectivity index is 2.23. The van der Waals surface area contributed by atoms with Gasteiger partial charge in [0.1, 0.15) is 18.1 Å². The summed E-state index contributed by atoms with van der Waals surface area (Å²) in [6, 6.07) is 4.47. The lowest BCUT2D eigenvalue weighted by Crippen LogP contribution is -2.58. The normalized spacial score (nSPS) is 17.9. The van der Waals surface area contributed by atoms with Crippen LogP contribution in [0.2, 0.25) is 0 Å². The lowest BCUT2D eigenvalue weighted by Gasteiger charge is -2.29. The number of hydrogen-bond acceptors (Lipinski definition) is 6. The van der Waals surface area contributed by atoms with E-state index in [0.29, 0.717) is 12.8 Å². The van der Waals surface area contributed by atoms with Gasteiger partial charge in [0.25, 0.3) is 0 Å². The zero-order valence-electron chi connectivity index (χ0n) is 20.0. The highest BCUT2D eigenvalue weighted by atomic mass is 16.4. The molecular weight excluding hydrogens is 456 g/mol. The fourth-order valence-corrected chi connectivity index (χ4v) is 4.07. The quantitative estimate of drug-likeness (QED) is 0.274. The third-order valence-corrected chi connectivity index (χ3v) is 5.79. The van der Waals surface area contributed by atoms with Gasteiger partial charge in [-0.1, -0.05) is 44.2 Å². The van der Waals surface area contributed by atoms with Gasteiger partial charge in [-0.05, 0) is 30.7 Å². The molecule has 1 fully saturated rings. The summed E-state index contributed by atoms with van der Waals surface area (Å²) in [5, 5.41) is 23.6. The third kappa shape index (κ3) is 8.36. The monoisotopic (exact) mass is 490 g/mol. The van der Waals surface area contributed by atoms with Crippen molar-refractivity contribution in [3.8, 4) is 0 Å². The summed E-state index contributed by atoms with van der Waals surface area (Å²) >= 11 is 0. The van der Waals surface area contributed by atoms with E-state index in [1.807, 2.05) is 13.8 Å². The molecule has 2 rings (SSSR count). The molecule has 192 valence electrons. The molecule has 1 saturated heterocycles. The maximum absolute atomic E-state index is 13.3. The second-order valence-corrected chi connectivity index (χ2v) is 9.17. The van der Waals surface area contributed by atoms with Gasteiger partial charge in [0.05, 0.1) is 12.5 Å². The Kier molecular flexibility index (Phi) is 10.2. The fourth-order valence-electron chi connectivity index (χ4n) is 4.07. The van der Waals surface area contributed by atoms with Crippen LogP contribution in [0.5, 0.6) is 0 Å². The predicted molar refractivity (Wildman–Crippen MR) is 126 cm³/mol. The van der Waals surface area contributed by atoms with Crippen molar-refractivity contribution in [3.63, 3.8) is 0 Å². The molecule has 1 aliphatic heterocycles. The van der Waals surface area contributed by atoms with E-state index in [0.717, 1.165) is 5.56 Å². The summed E-state index contributed by atoms with van der Waals surface area (Å²) in [5.41, 5.74) is 6.39. The summed E-state index contributed by atoms with van der Waals surface area (Å²) < 4.78 is 0. The lowest BCUT2D eigenvalue weighted by molar-refractivity contribution is -0.149. The van der Waals surface area contributed by atoms with Gasteiger partial charge >= 0.3 is 11.9 Å². The second kappa shape index (κ2) is 12.8. The largest absolute Gasteiger partial charge is 0.481 e. The van der Waals surface area contributed by atoms with Crippen molar-refractivity contribution in [2.75, 3.05) is 6.54 Å². The molecule has 4 atom stereocenters. The van der Waals surface area contributed by atoms with E-state index in [1.165, 1.54) is 4.90 Å². The molecule has 0 saturated carbocycles. The van der Waals surface area contributed by atoms with E-state index in [9.17, 15) is 29.1 Å². The molecule has 3 amide bonds. The van der Waals surface area contributed by atoms with Crippen LogP contribution in [0.25, 0.3) is 0 Å². The summed E-state index contributed by atoms with van der Waals surface area (Å²) in [4.78, 5) is 62.8. The summed E-state index contributed by atoms with van der Waals surface area (Å²) in [5.74, 6) is -4.26. The Morgan fingerprint density at radius 2 is 1.66 bits per heavy atom. The van der Waals surface area contributed by atoms with Gasteiger partial charge < -0.3 is 31.5 Å². The van der Waals surface area contributed by atoms with E-state index in [4.69, 9.17) is 10.8 Å². The first-order valence-electron chi connectivity index (χ1n) is 11.6. The smallest absolute Gasteiger partial charge is 0.326 e. The van der Waals surface area contributed by atoms with Crippen LogP contribution in [0.15, 0.2) is 30.3 Å². The minimum atomic E-state index is -1.35. The van der Waals surface area contributed by atoms with Gasteiger partial charge in [-0.2, -0.15) is 0 Å². The Bertz CT molecular complexity index is 922. The van der Waals surface area contributed by atoms with Crippen LogP contribution in [0.4, 0.5) is 0 Å². The standard InChI is InChI=1S/C24H34N4O7/c1-14(2)11-18(23(33)28-10-6-9-19(28)24(34)35)27-22(32)17(12-15-7-4-3-5-8-15)26-21(31)16(25)13-20(29)30/h3-5,7-8,14,16-19H,6,9-13,25H2,1-2H3,(H,26,31)(H,27,32)(H,29,30)(H,34,35). The number of carboxylic acids is 2.